The second-order valence-electron chi connectivity index (χ2n) is 7.37. The van der Waals surface area contributed by atoms with E-state index in [2.05, 4.69) is 21.3 Å². The van der Waals surface area contributed by atoms with Gasteiger partial charge in [-0.05, 0) is 18.2 Å². The topological polar surface area (TPSA) is 61.4 Å². The fraction of sp³-hybridized carbons (Fsp3) is 0.261. The van der Waals surface area contributed by atoms with Gasteiger partial charge in [0.2, 0.25) is 0 Å². The molecular formula is C23H20F3N5O. The third-order valence-corrected chi connectivity index (χ3v) is 5.47. The van der Waals surface area contributed by atoms with Gasteiger partial charge < -0.3 is 10.2 Å². The highest BCUT2D eigenvalue weighted by Crippen LogP contribution is 2.35. The summed E-state index contributed by atoms with van der Waals surface area (Å²) >= 11 is 0. The summed E-state index contributed by atoms with van der Waals surface area (Å²) in [6, 6.07) is 6.22. The highest BCUT2D eigenvalue weighted by Gasteiger charge is 2.35. The van der Waals surface area contributed by atoms with Crippen LogP contribution in [-0.4, -0.2) is 53.4 Å². The zero-order valence-corrected chi connectivity index (χ0v) is 17.0. The van der Waals surface area contributed by atoms with Crippen LogP contribution in [0.25, 0.3) is 5.57 Å². The smallest absolute Gasteiger partial charge is 0.368 e. The molecule has 0 bridgehead atoms. The van der Waals surface area contributed by atoms with E-state index in [1.165, 1.54) is 6.07 Å². The minimum Gasteiger partial charge on any atom is -0.368 e. The Bertz CT molecular complexity index is 1100. The third kappa shape index (κ3) is 4.22. The highest BCUT2D eigenvalue weighted by atomic mass is 19.4. The second kappa shape index (κ2) is 8.85. The van der Waals surface area contributed by atoms with E-state index < -0.39 is 11.7 Å². The first-order valence-electron chi connectivity index (χ1n) is 9.98. The van der Waals surface area contributed by atoms with Crippen LogP contribution in [-0.2, 0) is 6.18 Å². The van der Waals surface area contributed by atoms with Crippen LogP contribution in [0.5, 0.6) is 0 Å². The lowest BCUT2D eigenvalue weighted by Crippen LogP contribution is -2.54. The van der Waals surface area contributed by atoms with Crippen LogP contribution in [0.15, 0.2) is 54.6 Å². The molecule has 4 rings (SSSR count). The molecule has 32 heavy (non-hydrogen) atoms. The molecule has 6 nitrogen and oxygen atoms in total. The van der Waals surface area contributed by atoms with Crippen molar-refractivity contribution in [3.05, 3.63) is 71.5 Å². The van der Waals surface area contributed by atoms with Crippen molar-refractivity contribution in [1.29, 1.82) is 0 Å². The number of aromatic nitrogens is 2. The average Bonchev–Trinajstić information content (AvgIpc) is 2.83. The lowest BCUT2D eigenvalue weighted by Gasteiger charge is -2.40. The maximum atomic E-state index is 13.4. The van der Waals surface area contributed by atoms with Crippen molar-refractivity contribution in [2.24, 2.45) is 0 Å². The molecule has 1 fully saturated rings. The first-order chi connectivity index (χ1) is 15.4. The SMILES string of the molecule is C#CN1CC=CC(c2cnccn2)=C1C1CN(c2ccc(C=O)c(C(F)(F)F)c2)CCN1. The summed E-state index contributed by atoms with van der Waals surface area (Å²) in [5.41, 5.74) is 1.37. The van der Waals surface area contributed by atoms with Gasteiger partial charge >= 0.3 is 6.18 Å². The number of hydrogen-bond acceptors (Lipinski definition) is 6. The largest absolute Gasteiger partial charge is 0.417 e. The summed E-state index contributed by atoms with van der Waals surface area (Å²) in [5, 5.41) is 3.42. The van der Waals surface area contributed by atoms with Gasteiger partial charge in [0.15, 0.2) is 6.29 Å². The average molecular weight is 439 g/mol. The van der Waals surface area contributed by atoms with Gasteiger partial charge in [0, 0.05) is 61.4 Å². The Kier molecular flexibility index (Phi) is 5.97. The molecule has 1 saturated heterocycles. The highest BCUT2D eigenvalue weighted by molar-refractivity contribution is 5.79. The predicted molar refractivity (Wildman–Crippen MR) is 114 cm³/mol. The van der Waals surface area contributed by atoms with E-state index in [0.717, 1.165) is 17.3 Å². The number of terminal acetylenes is 1. The molecule has 9 heteroatoms. The number of anilines is 1. The summed E-state index contributed by atoms with van der Waals surface area (Å²) in [6.07, 6.45) is 10.1. The summed E-state index contributed by atoms with van der Waals surface area (Å²) < 4.78 is 40.3. The first-order valence-corrected chi connectivity index (χ1v) is 9.98. The van der Waals surface area contributed by atoms with Gasteiger partial charge in [0.1, 0.15) is 0 Å². The van der Waals surface area contributed by atoms with E-state index in [0.29, 0.717) is 37.6 Å². The van der Waals surface area contributed by atoms with E-state index >= 15 is 0 Å². The first kappa shape index (κ1) is 21.6. The lowest BCUT2D eigenvalue weighted by molar-refractivity contribution is -0.137. The molecule has 1 aromatic heterocycles. The lowest BCUT2D eigenvalue weighted by atomic mass is 9.98. The van der Waals surface area contributed by atoms with Gasteiger partial charge in [-0.25, -0.2) is 0 Å². The van der Waals surface area contributed by atoms with Crippen LogP contribution in [0.2, 0.25) is 0 Å². The number of carbonyl (C=O) groups excluding carboxylic acids is 1. The number of nitrogens with zero attached hydrogens (tertiary/aromatic N) is 4. The Morgan fingerprint density at radius 1 is 1.28 bits per heavy atom. The van der Waals surface area contributed by atoms with Crippen molar-refractivity contribution < 1.29 is 18.0 Å². The van der Waals surface area contributed by atoms with E-state index in [1.807, 2.05) is 17.1 Å². The molecule has 0 aliphatic carbocycles. The minimum atomic E-state index is -4.62. The molecular weight excluding hydrogens is 419 g/mol. The molecule has 2 aliphatic heterocycles. The fourth-order valence-corrected chi connectivity index (χ4v) is 4.01. The molecule has 0 amide bonds. The van der Waals surface area contributed by atoms with Crippen LogP contribution in [0.1, 0.15) is 21.6 Å². The number of benzene rings is 1. The summed E-state index contributed by atoms with van der Waals surface area (Å²) in [7, 11) is 0. The quantitative estimate of drug-likeness (QED) is 0.584. The number of allylic oxidation sites excluding steroid dienone is 2. The molecule has 164 valence electrons. The zero-order valence-electron chi connectivity index (χ0n) is 17.0. The van der Waals surface area contributed by atoms with E-state index in [-0.39, 0.29) is 17.9 Å². The maximum absolute atomic E-state index is 13.4. The van der Waals surface area contributed by atoms with Crippen LogP contribution >= 0.6 is 0 Å². The number of carbonyl (C=O) groups is 1. The van der Waals surface area contributed by atoms with Crippen molar-refractivity contribution in [1.82, 2.24) is 20.2 Å². The molecule has 1 unspecified atom stereocenters. The number of hydrogen-bond donors (Lipinski definition) is 1. The number of halogens is 3. The molecule has 0 radical (unpaired) electrons. The summed E-state index contributed by atoms with van der Waals surface area (Å²) in [5.74, 6) is 0. The second-order valence-corrected chi connectivity index (χ2v) is 7.37. The Morgan fingerprint density at radius 2 is 2.12 bits per heavy atom. The minimum absolute atomic E-state index is 0.226. The van der Waals surface area contributed by atoms with E-state index in [1.54, 1.807) is 29.6 Å². The normalized spacial score (nSPS) is 19.1. The van der Waals surface area contributed by atoms with Crippen molar-refractivity contribution in [3.63, 3.8) is 0 Å². The standard InChI is InChI=1S/C23H20F3N5O/c1-2-30-10-3-4-18(20-13-27-7-8-28-20)22(30)21-14-31(11-9-29-21)17-6-5-16(15-32)19(12-17)23(24,25)26/h1,3-8,12-13,15,21,29H,9-11,14H2. The van der Waals surface area contributed by atoms with Gasteiger partial charge in [0.25, 0.3) is 0 Å². The van der Waals surface area contributed by atoms with Gasteiger partial charge in [0.05, 0.1) is 29.2 Å². The van der Waals surface area contributed by atoms with Crippen molar-refractivity contribution in [2.75, 3.05) is 31.1 Å². The molecule has 0 spiro atoms. The van der Waals surface area contributed by atoms with Gasteiger partial charge in [-0.15, -0.1) is 0 Å². The number of nitrogens with one attached hydrogen (secondary N) is 1. The molecule has 2 aliphatic rings. The Balaban J connectivity index is 1.70. The monoisotopic (exact) mass is 439 g/mol. The number of alkyl halides is 3. The van der Waals surface area contributed by atoms with Gasteiger partial charge in [-0.3, -0.25) is 19.7 Å². The molecule has 1 atom stereocenters. The Labute approximate surface area is 183 Å². The van der Waals surface area contributed by atoms with E-state index in [9.17, 15) is 18.0 Å². The van der Waals surface area contributed by atoms with Crippen molar-refractivity contribution in [3.8, 4) is 12.5 Å². The summed E-state index contributed by atoms with van der Waals surface area (Å²) in [6.45, 7) is 1.96. The van der Waals surface area contributed by atoms with Crippen LogP contribution in [0, 0.1) is 12.5 Å². The Morgan fingerprint density at radius 3 is 2.81 bits per heavy atom. The van der Waals surface area contributed by atoms with Gasteiger partial charge in [-0.2, -0.15) is 13.2 Å². The Hall–Kier alpha value is -3.64. The number of piperazine rings is 1. The molecule has 3 heterocycles. The zero-order chi connectivity index (χ0) is 22.7. The molecule has 1 N–H and O–H groups in total. The maximum Gasteiger partial charge on any atom is 0.417 e. The summed E-state index contributed by atoms with van der Waals surface area (Å²) in [4.78, 5) is 23.2. The molecule has 1 aromatic carbocycles. The van der Waals surface area contributed by atoms with E-state index in [4.69, 9.17) is 6.42 Å². The number of aldehydes is 1. The van der Waals surface area contributed by atoms with Gasteiger partial charge in [-0.1, -0.05) is 18.6 Å². The molecule has 2 aromatic rings. The molecule has 0 saturated carbocycles. The van der Waals surface area contributed by atoms with Crippen LogP contribution in [0.3, 0.4) is 0 Å². The van der Waals surface area contributed by atoms with Crippen LogP contribution in [0.4, 0.5) is 18.9 Å². The van der Waals surface area contributed by atoms with Crippen molar-refractivity contribution in [2.45, 2.75) is 12.2 Å². The van der Waals surface area contributed by atoms with Crippen molar-refractivity contribution >= 4 is 17.5 Å². The van der Waals surface area contributed by atoms with Crippen LogP contribution < -0.4 is 10.2 Å². The fourth-order valence-electron chi connectivity index (χ4n) is 4.01. The third-order valence-electron chi connectivity index (χ3n) is 5.47. The predicted octanol–water partition coefficient (Wildman–Crippen LogP) is 2.96. The number of rotatable bonds is 4.